The standard InChI is InChI=1S/C70H90F2N10O8Si/c1-42(2)91(43(3)4,44(5)6)31-24-52-55(71)16-12-47-33-51(89-41-87-11)35-53(60(47)52)62-61(72)63-54(36-73-62)64(80-37-49-13-14-50(38-80)81(49)68(86)90-69(7,8)9)76-66(75-63)88-40-70(25-26-70)39-78-27-20-45(21-28-78)32-46-22-29-79(30-23-46)48-15-17-56-58(34-48)77(10)67(85)82(56)57-18-19-59(83)74-65(57)84/h12,15-17,33-36,42-46,49-50,57H,13-14,18-23,25-30,32,37-41H2,1-11H3,(H,74,83,84). The molecule has 18 nitrogen and oxygen atoms in total. The van der Waals surface area contributed by atoms with Gasteiger partial charge >= 0.3 is 17.8 Å². The molecule has 1 N–H and O–H groups in total. The Bertz CT molecular complexity index is 3870. The molecule has 0 spiro atoms. The summed E-state index contributed by atoms with van der Waals surface area (Å²) in [5, 5.41) is 3.82. The van der Waals surface area contributed by atoms with Crippen molar-refractivity contribution in [2.24, 2.45) is 24.3 Å². The van der Waals surface area contributed by atoms with E-state index in [2.05, 4.69) is 85.2 Å². The molecule has 6 aliphatic rings. The fourth-order valence-corrected chi connectivity index (χ4v) is 21.2. The summed E-state index contributed by atoms with van der Waals surface area (Å²) in [6.45, 7) is 24.9. The molecule has 3 unspecified atom stereocenters. The van der Waals surface area contributed by atoms with Crippen molar-refractivity contribution in [3.8, 4) is 34.5 Å². The normalized spacial score (nSPS) is 21.0. The van der Waals surface area contributed by atoms with Crippen molar-refractivity contribution in [1.82, 2.24) is 39.2 Å². The molecule has 2 bridgehead atoms. The van der Waals surface area contributed by atoms with E-state index in [1.807, 2.05) is 31.7 Å². The van der Waals surface area contributed by atoms with E-state index in [9.17, 15) is 19.2 Å². The second kappa shape index (κ2) is 25.4. The van der Waals surface area contributed by atoms with Gasteiger partial charge in [-0.25, -0.2) is 18.4 Å². The molecule has 5 aliphatic heterocycles. The van der Waals surface area contributed by atoms with Crippen LogP contribution in [0.1, 0.15) is 145 Å². The van der Waals surface area contributed by atoms with Crippen molar-refractivity contribution in [2.45, 2.75) is 173 Å². The molecule has 91 heavy (non-hydrogen) atoms. The third-order valence-corrected chi connectivity index (χ3v) is 27.2. The van der Waals surface area contributed by atoms with E-state index in [0.717, 1.165) is 95.3 Å². The Morgan fingerprint density at radius 2 is 1.51 bits per heavy atom. The maximum atomic E-state index is 18.3. The number of carbonyl (C=O) groups is 3. The number of halogens is 2. The molecule has 21 heteroatoms. The first-order valence-corrected chi connectivity index (χ1v) is 35.4. The van der Waals surface area contributed by atoms with Gasteiger partial charge in [-0.1, -0.05) is 53.5 Å². The zero-order valence-corrected chi connectivity index (χ0v) is 55.9. The van der Waals surface area contributed by atoms with Crippen LogP contribution in [0.15, 0.2) is 53.5 Å². The molecule has 3 amide bonds. The highest BCUT2D eigenvalue weighted by Gasteiger charge is 2.48. The first-order valence-electron chi connectivity index (χ1n) is 33.1. The Balaban J connectivity index is 0.772. The number of hydrogen-bond acceptors (Lipinski definition) is 14. The molecule has 6 fully saturated rings. The molecular weight excluding hydrogens is 1170 g/mol. The highest BCUT2D eigenvalue weighted by molar-refractivity contribution is 6.90. The molecular formula is C70H90F2N10O8Si. The van der Waals surface area contributed by atoms with Crippen LogP contribution in [-0.4, -0.2) is 144 Å². The molecule has 1 saturated carbocycles. The van der Waals surface area contributed by atoms with Gasteiger partial charge in [0.1, 0.15) is 48.3 Å². The van der Waals surface area contributed by atoms with Crippen LogP contribution in [0.3, 0.4) is 0 Å². The Hall–Kier alpha value is -7.15. The van der Waals surface area contributed by atoms with Gasteiger partial charge in [0, 0.05) is 81.6 Å². The minimum atomic E-state index is -2.36. The lowest BCUT2D eigenvalue weighted by atomic mass is 9.82. The molecule has 5 saturated heterocycles. The number of methoxy groups -OCH3 is 1. The molecule has 3 atom stereocenters. The number of ether oxygens (including phenoxy) is 4. The molecule has 12 rings (SSSR count). The minimum absolute atomic E-state index is 0.0182. The average Bonchev–Trinajstić information content (AvgIpc) is 1.80. The molecule has 3 aromatic heterocycles. The number of rotatable bonds is 17. The number of likely N-dealkylation sites (tertiary alicyclic amines) is 1. The molecule has 486 valence electrons. The quantitative estimate of drug-likeness (QED) is 0.0394. The Labute approximate surface area is 533 Å². The van der Waals surface area contributed by atoms with E-state index in [1.54, 1.807) is 36.0 Å². The van der Waals surface area contributed by atoms with Gasteiger partial charge < -0.3 is 33.6 Å². The number of amides is 3. The lowest BCUT2D eigenvalue weighted by Crippen LogP contribution is -2.57. The maximum Gasteiger partial charge on any atom is 0.410 e. The van der Waals surface area contributed by atoms with Crippen molar-refractivity contribution >= 4 is 70.2 Å². The Morgan fingerprint density at radius 3 is 2.14 bits per heavy atom. The second-order valence-electron chi connectivity index (χ2n) is 28.9. The van der Waals surface area contributed by atoms with Gasteiger partial charge in [-0.15, -0.1) is 5.54 Å². The Morgan fingerprint density at radius 1 is 0.824 bits per heavy atom. The van der Waals surface area contributed by atoms with E-state index < -0.39 is 37.3 Å². The number of piperidine rings is 3. The minimum Gasteiger partial charge on any atom is -0.468 e. The molecule has 0 radical (unpaired) electrons. The summed E-state index contributed by atoms with van der Waals surface area (Å²) >= 11 is 0. The van der Waals surface area contributed by atoms with Crippen molar-refractivity contribution in [1.29, 1.82) is 0 Å². The summed E-state index contributed by atoms with van der Waals surface area (Å²) in [6.07, 6.45) is 11.0. The van der Waals surface area contributed by atoms with E-state index in [1.165, 1.54) is 24.2 Å². The van der Waals surface area contributed by atoms with Crippen molar-refractivity contribution in [3.63, 3.8) is 0 Å². The third kappa shape index (κ3) is 12.7. The number of pyridine rings is 1. The summed E-state index contributed by atoms with van der Waals surface area (Å²) in [5.74, 6) is 3.56. The topological polar surface area (TPSA) is 179 Å². The summed E-state index contributed by atoms with van der Waals surface area (Å²) in [5.41, 5.74) is 6.57. The largest absolute Gasteiger partial charge is 0.468 e. The number of benzene rings is 3. The van der Waals surface area contributed by atoms with E-state index in [-0.39, 0.29) is 71.2 Å². The number of aromatic nitrogens is 5. The highest BCUT2D eigenvalue weighted by atomic mass is 28.3. The fraction of sp³-hybridized carbons (Fsp3) is 0.586. The predicted octanol–water partition coefficient (Wildman–Crippen LogP) is 12.1. The average molecular weight is 1270 g/mol. The molecule has 1 aliphatic carbocycles. The zero-order chi connectivity index (χ0) is 64.4. The number of carbonyl (C=O) groups excluding carboxylic acids is 3. The number of aryl methyl sites for hydroxylation is 1. The van der Waals surface area contributed by atoms with Crippen LogP contribution in [0.2, 0.25) is 16.6 Å². The molecule has 3 aromatic carbocycles. The number of nitrogens with zero attached hydrogens (tertiary/aromatic N) is 9. The number of hydrogen-bond donors (Lipinski definition) is 1. The van der Waals surface area contributed by atoms with Crippen molar-refractivity contribution in [3.05, 3.63) is 76.3 Å². The first kappa shape index (κ1) is 64.0. The number of fused-ring (bicyclic) bond motifs is 5. The van der Waals surface area contributed by atoms with Crippen LogP contribution < -0.4 is 30.3 Å². The van der Waals surface area contributed by atoms with E-state index >= 15 is 8.78 Å². The van der Waals surface area contributed by atoms with Crippen LogP contribution in [0, 0.1) is 40.3 Å². The van der Waals surface area contributed by atoms with Crippen LogP contribution in [0.25, 0.3) is 44.0 Å². The predicted molar refractivity (Wildman–Crippen MR) is 352 cm³/mol. The van der Waals surface area contributed by atoms with Gasteiger partial charge in [-0.3, -0.25) is 33.9 Å². The summed E-state index contributed by atoms with van der Waals surface area (Å²) in [7, 11) is 0.909. The number of imidazole rings is 1. The number of piperazine rings is 1. The van der Waals surface area contributed by atoms with Gasteiger partial charge in [0.2, 0.25) is 11.8 Å². The van der Waals surface area contributed by atoms with Gasteiger partial charge in [0.05, 0.1) is 40.7 Å². The summed E-state index contributed by atoms with van der Waals surface area (Å²) < 4.78 is 62.0. The first-order chi connectivity index (χ1) is 43.4. The van der Waals surface area contributed by atoms with Crippen LogP contribution in [-0.2, 0) is 26.1 Å². The highest BCUT2D eigenvalue weighted by Crippen LogP contribution is 2.48. The van der Waals surface area contributed by atoms with Gasteiger partial charge in [0.15, 0.2) is 12.6 Å². The van der Waals surface area contributed by atoms with Crippen LogP contribution >= 0.6 is 0 Å². The number of nitrogens with one attached hydrogen (secondary N) is 1. The van der Waals surface area contributed by atoms with Crippen molar-refractivity contribution in [2.75, 3.05) is 76.1 Å². The number of anilines is 2. The second-order valence-corrected chi connectivity index (χ2v) is 34.5. The number of imide groups is 1. The van der Waals surface area contributed by atoms with Gasteiger partial charge in [-0.05, 0) is 168 Å². The van der Waals surface area contributed by atoms with Gasteiger partial charge in [0.25, 0.3) is 0 Å². The SMILES string of the molecule is COCOc1cc(-c2ncc3c(N4CC5CCC(C4)N5C(=O)OC(C)(C)C)nc(OCC4(CN5CCC(CC6CCN(c7ccc8c(c7)n(C)c(=O)n8C7CCC(=O)NC7=O)CC6)CC5)CC4)nc3c2F)c2c(C#C[Si](C(C)C)(C(C)C)C(C)C)c(F)ccc2c1. The monoisotopic (exact) mass is 1260 g/mol. The van der Waals surface area contributed by atoms with Gasteiger partial charge in [-0.2, -0.15) is 9.97 Å². The van der Waals surface area contributed by atoms with E-state index in [0.29, 0.717) is 93.4 Å². The fourth-order valence-electron chi connectivity index (χ4n) is 16.0. The van der Waals surface area contributed by atoms with Crippen LogP contribution in [0.5, 0.6) is 11.8 Å². The van der Waals surface area contributed by atoms with Crippen LogP contribution in [0.4, 0.5) is 25.1 Å². The lowest BCUT2D eigenvalue weighted by Gasteiger charge is -2.42. The maximum absolute atomic E-state index is 18.3. The smallest absolute Gasteiger partial charge is 0.410 e. The third-order valence-electron chi connectivity index (χ3n) is 20.9. The summed E-state index contributed by atoms with van der Waals surface area (Å²) in [6, 6.07) is 11.6. The zero-order valence-electron chi connectivity index (χ0n) is 54.9. The van der Waals surface area contributed by atoms with E-state index in [4.69, 9.17) is 33.9 Å². The Kier molecular flexibility index (Phi) is 17.8. The van der Waals surface area contributed by atoms with Crippen molar-refractivity contribution < 1.29 is 42.1 Å². The summed E-state index contributed by atoms with van der Waals surface area (Å²) in [4.78, 5) is 75.7. The molecule has 8 heterocycles. The lowest BCUT2D eigenvalue weighted by molar-refractivity contribution is -0.135. The molecule has 6 aromatic rings.